The monoisotopic (exact) mass is 576 g/mol. The Hall–Kier alpha value is -2.93. The van der Waals surface area contributed by atoms with E-state index < -0.39 is 0 Å². The van der Waals surface area contributed by atoms with Crippen molar-refractivity contribution < 1.29 is 4.74 Å². The van der Waals surface area contributed by atoms with E-state index >= 15 is 0 Å². The minimum Gasteiger partial charge on any atom is -0.493 e. The Morgan fingerprint density at radius 1 is 1.14 bits per heavy atom. The van der Waals surface area contributed by atoms with Crippen LogP contribution in [0.15, 0.2) is 86.6 Å². The summed E-state index contributed by atoms with van der Waals surface area (Å²) in [7, 11) is 0. The number of allylic oxidation sites excluding steroid dienone is 1. The number of aryl methyl sites for hydroxylation is 1. The van der Waals surface area contributed by atoms with Crippen LogP contribution in [0.1, 0.15) is 41.6 Å². The van der Waals surface area contributed by atoms with Crippen molar-refractivity contribution in [3.8, 4) is 5.75 Å². The van der Waals surface area contributed by atoms with Gasteiger partial charge in [-0.25, -0.2) is 4.99 Å². The minimum absolute atomic E-state index is 0.0564. The number of hydrogen-bond donors (Lipinski definition) is 0. The first kappa shape index (κ1) is 23.5. The molecule has 0 bridgehead atoms. The van der Waals surface area contributed by atoms with E-state index in [1.165, 1.54) is 16.9 Å². The number of benzene rings is 3. The van der Waals surface area contributed by atoms with Crippen molar-refractivity contribution >= 4 is 50.6 Å². The third kappa shape index (κ3) is 3.97. The number of nitrogens with zero attached hydrogens (tertiary/aromatic N) is 2. The fourth-order valence-electron chi connectivity index (χ4n) is 5.03. The fourth-order valence-corrected chi connectivity index (χ4v) is 6.78. The molecule has 4 aromatic rings. The molecule has 2 aliphatic rings. The number of ether oxygens (including phenoxy) is 1. The summed E-state index contributed by atoms with van der Waals surface area (Å²) in [6.45, 7) is 2.54. The van der Waals surface area contributed by atoms with Gasteiger partial charge < -0.3 is 4.74 Å². The van der Waals surface area contributed by atoms with Gasteiger partial charge in [0.25, 0.3) is 5.56 Å². The normalized spacial score (nSPS) is 16.8. The summed E-state index contributed by atoms with van der Waals surface area (Å²) >= 11 is 11.7. The smallest absolute Gasteiger partial charge is 0.271 e. The Morgan fingerprint density at radius 3 is 2.75 bits per heavy atom. The highest BCUT2D eigenvalue weighted by atomic mass is 79.9. The first-order valence-corrected chi connectivity index (χ1v) is 13.8. The topological polar surface area (TPSA) is 43.6 Å². The lowest BCUT2D eigenvalue weighted by Gasteiger charge is -2.31. The molecule has 2 heterocycles. The maximum atomic E-state index is 13.9. The minimum atomic E-state index is -0.285. The van der Waals surface area contributed by atoms with Crippen LogP contribution in [0.25, 0.3) is 11.8 Å². The zero-order valence-corrected chi connectivity index (χ0v) is 22.7. The van der Waals surface area contributed by atoms with Gasteiger partial charge in [0, 0.05) is 10.6 Å². The van der Waals surface area contributed by atoms with Crippen LogP contribution in [0.5, 0.6) is 5.75 Å². The predicted octanol–water partition coefficient (Wildman–Crippen LogP) is 6.13. The maximum Gasteiger partial charge on any atom is 0.271 e. The molecule has 1 unspecified atom stereocenters. The Balaban J connectivity index is 1.58. The number of hydrogen-bond acceptors (Lipinski definition) is 4. The van der Waals surface area contributed by atoms with Crippen molar-refractivity contribution in [1.82, 2.24) is 4.57 Å². The van der Waals surface area contributed by atoms with Gasteiger partial charge in [0.1, 0.15) is 5.75 Å². The molecule has 0 N–H and O–H groups in total. The van der Waals surface area contributed by atoms with Crippen LogP contribution in [0.4, 0.5) is 0 Å². The van der Waals surface area contributed by atoms with Gasteiger partial charge in [0.2, 0.25) is 0 Å². The Morgan fingerprint density at radius 2 is 1.94 bits per heavy atom. The van der Waals surface area contributed by atoms with E-state index in [2.05, 4.69) is 34.1 Å². The number of thiazole rings is 1. The van der Waals surface area contributed by atoms with Crippen LogP contribution < -0.4 is 19.6 Å². The molecule has 1 atom stereocenters. The largest absolute Gasteiger partial charge is 0.493 e. The molecule has 0 saturated heterocycles. The van der Waals surface area contributed by atoms with Gasteiger partial charge in [0.15, 0.2) is 4.80 Å². The van der Waals surface area contributed by atoms with Crippen LogP contribution in [-0.2, 0) is 6.42 Å². The molecule has 180 valence electrons. The van der Waals surface area contributed by atoms with Crippen LogP contribution in [-0.4, -0.2) is 11.2 Å². The van der Waals surface area contributed by atoms with Crippen molar-refractivity contribution in [3.05, 3.63) is 124 Å². The SMILES string of the molecule is CCOc1ccc(C=c2sc3n(c2=O)C(c2ccccc2Cl)C2=C(N=3)c3ccccc3CC2)cc1Br. The fraction of sp³-hybridized carbons (Fsp3) is 0.172. The van der Waals surface area contributed by atoms with Crippen molar-refractivity contribution in [2.45, 2.75) is 25.8 Å². The average Bonchev–Trinajstić information content (AvgIpc) is 3.19. The Bertz CT molecular complexity index is 1720. The summed E-state index contributed by atoms with van der Waals surface area (Å²) in [5.41, 5.74) is 6.33. The van der Waals surface area contributed by atoms with E-state index in [-0.39, 0.29) is 11.6 Å². The van der Waals surface area contributed by atoms with E-state index in [4.69, 9.17) is 21.3 Å². The molecular weight excluding hydrogens is 556 g/mol. The van der Waals surface area contributed by atoms with Crippen LogP contribution in [0.2, 0.25) is 5.02 Å². The predicted molar refractivity (Wildman–Crippen MR) is 150 cm³/mol. The zero-order chi connectivity index (χ0) is 24.8. The standard InChI is InChI=1S/C29H22BrClN2O2S/c1-2-35-24-14-11-17(15-22(24)30)16-25-28(34)33-27(20-9-5-6-10-23(20)31)21-13-12-18-7-3-4-8-19(18)26(21)32-29(33)36-25/h3-11,14-16,27H,2,12-13H2,1H3. The summed E-state index contributed by atoms with van der Waals surface area (Å²) in [6.07, 6.45) is 3.67. The highest BCUT2D eigenvalue weighted by Gasteiger charge is 2.33. The molecule has 0 fully saturated rings. The lowest BCUT2D eigenvalue weighted by atomic mass is 9.83. The molecule has 1 aliphatic heterocycles. The van der Waals surface area contributed by atoms with Crippen LogP contribution in [0, 0.1) is 0 Å². The molecule has 0 radical (unpaired) electrons. The summed E-state index contributed by atoms with van der Waals surface area (Å²) in [5.74, 6) is 0.779. The molecule has 0 amide bonds. The van der Waals surface area contributed by atoms with E-state index in [0.717, 1.165) is 51.0 Å². The zero-order valence-electron chi connectivity index (χ0n) is 19.5. The molecule has 0 saturated carbocycles. The van der Waals surface area contributed by atoms with Crippen LogP contribution in [0.3, 0.4) is 0 Å². The molecule has 4 nitrogen and oxygen atoms in total. The van der Waals surface area contributed by atoms with Gasteiger partial charge in [-0.05, 0) is 82.2 Å². The third-order valence-electron chi connectivity index (χ3n) is 6.63. The molecule has 36 heavy (non-hydrogen) atoms. The van der Waals surface area contributed by atoms with Crippen molar-refractivity contribution in [1.29, 1.82) is 0 Å². The lowest BCUT2D eigenvalue weighted by molar-refractivity contribution is 0.338. The quantitative estimate of drug-likeness (QED) is 0.293. The molecule has 1 aromatic heterocycles. The maximum absolute atomic E-state index is 13.9. The average molecular weight is 578 g/mol. The number of aromatic nitrogens is 1. The third-order valence-corrected chi connectivity index (χ3v) is 8.57. The second-order valence-corrected chi connectivity index (χ2v) is 11.0. The summed E-state index contributed by atoms with van der Waals surface area (Å²) < 4.78 is 8.95. The molecule has 1 aliphatic carbocycles. The summed E-state index contributed by atoms with van der Waals surface area (Å²) in [4.78, 5) is 19.6. The van der Waals surface area contributed by atoms with Crippen LogP contribution >= 0.6 is 38.9 Å². The number of halogens is 2. The first-order valence-electron chi connectivity index (χ1n) is 11.8. The second kappa shape index (κ2) is 9.51. The van der Waals surface area contributed by atoms with Gasteiger partial charge in [0.05, 0.1) is 27.4 Å². The summed E-state index contributed by atoms with van der Waals surface area (Å²) in [6, 6.07) is 21.8. The molecular formula is C29H22BrClN2O2S. The van der Waals surface area contributed by atoms with Crippen molar-refractivity contribution in [2.24, 2.45) is 4.99 Å². The van der Waals surface area contributed by atoms with E-state index in [1.54, 1.807) is 0 Å². The molecule has 0 spiro atoms. The van der Waals surface area contributed by atoms with Gasteiger partial charge in [-0.2, -0.15) is 0 Å². The highest BCUT2D eigenvalue weighted by Crippen LogP contribution is 2.42. The van der Waals surface area contributed by atoms with Crippen molar-refractivity contribution in [2.75, 3.05) is 6.61 Å². The molecule has 7 heteroatoms. The van der Waals surface area contributed by atoms with Gasteiger partial charge >= 0.3 is 0 Å². The van der Waals surface area contributed by atoms with Gasteiger partial charge in [-0.15, -0.1) is 0 Å². The second-order valence-electron chi connectivity index (χ2n) is 8.76. The number of fused-ring (bicyclic) bond motifs is 3. The Labute approximate surface area is 226 Å². The van der Waals surface area contributed by atoms with E-state index in [0.29, 0.717) is 21.0 Å². The Kier molecular flexibility index (Phi) is 6.20. The van der Waals surface area contributed by atoms with Gasteiger partial charge in [-0.1, -0.05) is 71.5 Å². The van der Waals surface area contributed by atoms with E-state index in [9.17, 15) is 4.79 Å². The van der Waals surface area contributed by atoms with E-state index in [1.807, 2.05) is 66.1 Å². The number of rotatable bonds is 4. The lowest BCUT2D eigenvalue weighted by Crippen LogP contribution is -2.38. The van der Waals surface area contributed by atoms with Crippen molar-refractivity contribution in [3.63, 3.8) is 0 Å². The molecule has 6 rings (SSSR count). The summed E-state index contributed by atoms with van der Waals surface area (Å²) in [5, 5.41) is 0.653. The molecule has 3 aromatic carbocycles. The first-order chi connectivity index (χ1) is 17.5. The highest BCUT2D eigenvalue weighted by molar-refractivity contribution is 9.10. The van der Waals surface area contributed by atoms with Gasteiger partial charge in [-0.3, -0.25) is 9.36 Å².